The Labute approximate surface area is 384 Å². The van der Waals surface area contributed by atoms with E-state index in [1.807, 2.05) is 6.08 Å². The number of ether oxygens (including phenoxy) is 4. The van der Waals surface area contributed by atoms with Gasteiger partial charge in [-0.05, 0) is 64.2 Å². The van der Waals surface area contributed by atoms with Gasteiger partial charge in [0, 0.05) is 6.42 Å². The van der Waals surface area contributed by atoms with Gasteiger partial charge < -0.3 is 65.1 Å². The molecule has 1 amide bonds. The summed E-state index contributed by atoms with van der Waals surface area (Å²) in [5, 5.41) is 86.6. The van der Waals surface area contributed by atoms with Gasteiger partial charge >= 0.3 is 0 Å². The van der Waals surface area contributed by atoms with E-state index in [1.54, 1.807) is 6.08 Å². The molecule has 0 spiro atoms. The largest absolute Gasteiger partial charge is 0.394 e. The average Bonchev–Trinajstić information content (AvgIpc) is 3.29. The molecule has 2 aliphatic rings. The van der Waals surface area contributed by atoms with E-state index in [1.165, 1.54) is 57.8 Å². The number of carbonyl (C=O) groups is 1. The molecule has 12 unspecified atom stereocenters. The Bertz CT molecular complexity index is 1310. The van der Waals surface area contributed by atoms with Crippen LogP contribution in [0.1, 0.15) is 155 Å². The molecule has 12 atom stereocenters. The van der Waals surface area contributed by atoms with Gasteiger partial charge in [-0.1, -0.05) is 145 Å². The highest BCUT2D eigenvalue weighted by molar-refractivity contribution is 5.76. The maximum atomic E-state index is 13.1. The number of hydrogen-bond acceptors (Lipinski definition) is 13. The number of aliphatic hydroxyl groups excluding tert-OH is 8. The van der Waals surface area contributed by atoms with Crippen LogP contribution < -0.4 is 5.32 Å². The zero-order valence-corrected chi connectivity index (χ0v) is 39.0. The summed E-state index contributed by atoms with van der Waals surface area (Å²) in [6, 6.07) is -0.941. The minimum Gasteiger partial charge on any atom is -0.394 e. The van der Waals surface area contributed by atoms with Gasteiger partial charge in [0.2, 0.25) is 5.91 Å². The molecule has 0 saturated carbocycles. The summed E-state index contributed by atoms with van der Waals surface area (Å²) in [7, 11) is 0. The third-order valence-electron chi connectivity index (χ3n) is 11.7. The van der Waals surface area contributed by atoms with Crippen LogP contribution in [0.3, 0.4) is 0 Å². The first-order chi connectivity index (χ1) is 31.1. The molecule has 14 heteroatoms. The predicted molar refractivity (Wildman–Crippen MR) is 249 cm³/mol. The second kappa shape index (κ2) is 36.8. The number of rotatable bonds is 36. The summed E-state index contributed by atoms with van der Waals surface area (Å²) in [6.07, 6.45) is 26.9. The Morgan fingerprint density at radius 2 is 1.09 bits per heavy atom. The molecule has 2 heterocycles. The Morgan fingerprint density at radius 1 is 0.578 bits per heavy atom. The lowest BCUT2D eigenvalue weighted by Crippen LogP contribution is -2.65. The molecule has 0 aliphatic carbocycles. The molecule has 64 heavy (non-hydrogen) atoms. The first-order valence-electron chi connectivity index (χ1n) is 24.5. The predicted octanol–water partition coefficient (Wildman–Crippen LogP) is 5.88. The Hall–Kier alpha value is -2.31. The summed E-state index contributed by atoms with van der Waals surface area (Å²) < 4.78 is 22.6. The molecule has 2 aliphatic heterocycles. The summed E-state index contributed by atoms with van der Waals surface area (Å²) in [6.45, 7) is 2.61. The van der Waals surface area contributed by atoms with Crippen molar-refractivity contribution in [2.24, 2.45) is 0 Å². The molecular formula is C50H87NO13. The fraction of sp³-hybridized carbons (Fsp3) is 0.780. The lowest BCUT2D eigenvalue weighted by molar-refractivity contribution is -0.359. The minimum atomic E-state index is -1.79. The van der Waals surface area contributed by atoms with E-state index in [0.717, 1.165) is 64.2 Å². The van der Waals surface area contributed by atoms with Crippen LogP contribution in [-0.4, -0.2) is 140 Å². The summed E-state index contributed by atoms with van der Waals surface area (Å²) in [4.78, 5) is 13.1. The molecular weight excluding hydrogens is 823 g/mol. The number of amides is 1. The molecule has 2 fully saturated rings. The lowest BCUT2D eigenvalue weighted by atomic mass is 9.97. The van der Waals surface area contributed by atoms with Crippen LogP contribution in [0.4, 0.5) is 0 Å². The third-order valence-corrected chi connectivity index (χ3v) is 11.7. The Balaban J connectivity index is 1.90. The first-order valence-corrected chi connectivity index (χ1v) is 24.5. The van der Waals surface area contributed by atoms with Gasteiger partial charge in [-0.15, -0.1) is 0 Å². The van der Waals surface area contributed by atoms with Crippen molar-refractivity contribution >= 4 is 5.91 Å². The smallest absolute Gasteiger partial charge is 0.220 e. The van der Waals surface area contributed by atoms with Crippen molar-refractivity contribution in [1.29, 1.82) is 0 Å². The fourth-order valence-electron chi connectivity index (χ4n) is 7.67. The van der Waals surface area contributed by atoms with Crippen molar-refractivity contribution in [2.45, 2.75) is 229 Å². The average molecular weight is 910 g/mol. The molecule has 370 valence electrons. The fourth-order valence-corrected chi connectivity index (χ4v) is 7.67. The zero-order chi connectivity index (χ0) is 46.8. The van der Waals surface area contributed by atoms with Crippen molar-refractivity contribution in [3.05, 3.63) is 60.8 Å². The van der Waals surface area contributed by atoms with Crippen molar-refractivity contribution in [2.75, 3.05) is 19.8 Å². The van der Waals surface area contributed by atoms with Crippen molar-refractivity contribution in [3.63, 3.8) is 0 Å². The van der Waals surface area contributed by atoms with Crippen LogP contribution in [0.25, 0.3) is 0 Å². The van der Waals surface area contributed by atoms with Crippen LogP contribution in [0.5, 0.6) is 0 Å². The SMILES string of the molecule is CC/C=C\C/C=C\C/C=C\CCCCCCCC(=O)NC(COC1OC(CO)C(OC2OC(CO)C(O)C(O)C2O)C(O)C1O)C(O)/C=C/CC/C=C/CCCCCCCCCCC. The van der Waals surface area contributed by atoms with Crippen LogP contribution in [0.2, 0.25) is 0 Å². The highest BCUT2D eigenvalue weighted by Crippen LogP contribution is 2.30. The van der Waals surface area contributed by atoms with E-state index in [9.17, 15) is 45.6 Å². The number of allylic oxidation sites excluding steroid dienone is 9. The maximum Gasteiger partial charge on any atom is 0.220 e. The first kappa shape index (κ1) is 57.8. The van der Waals surface area contributed by atoms with E-state index in [0.29, 0.717) is 12.8 Å². The van der Waals surface area contributed by atoms with E-state index in [-0.39, 0.29) is 18.9 Å². The number of aliphatic hydroxyl groups is 8. The number of unbranched alkanes of at least 4 members (excludes halogenated alkanes) is 15. The number of nitrogens with one attached hydrogen (secondary N) is 1. The third kappa shape index (κ3) is 23.9. The van der Waals surface area contributed by atoms with Gasteiger partial charge in [0.05, 0.1) is 32.0 Å². The van der Waals surface area contributed by atoms with Crippen LogP contribution in [0, 0.1) is 0 Å². The molecule has 2 saturated heterocycles. The zero-order valence-electron chi connectivity index (χ0n) is 39.0. The van der Waals surface area contributed by atoms with Gasteiger partial charge in [0.15, 0.2) is 12.6 Å². The van der Waals surface area contributed by atoms with E-state index in [4.69, 9.17) is 18.9 Å². The summed E-state index contributed by atoms with van der Waals surface area (Å²) in [5.74, 6) is -0.270. The Morgan fingerprint density at radius 3 is 1.72 bits per heavy atom. The highest BCUT2D eigenvalue weighted by atomic mass is 16.7. The molecule has 0 aromatic heterocycles. The maximum absolute atomic E-state index is 13.1. The minimum absolute atomic E-state index is 0.251. The molecule has 0 aromatic rings. The topological polar surface area (TPSA) is 228 Å². The second-order valence-electron chi connectivity index (χ2n) is 17.2. The quantitative estimate of drug-likeness (QED) is 0.0265. The van der Waals surface area contributed by atoms with E-state index >= 15 is 0 Å². The van der Waals surface area contributed by atoms with Crippen molar-refractivity contribution in [1.82, 2.24) is 5.32 Å². The Kier molecular flexibility index (Phi) is 33.2. The lowest BCUT2D eigenvalue weighted by Gasteiger charge is -2.46. The molecule has 0 bridgehead atoms. The summed E-state index contributed by atoms with van der Waals surface area (Å²) in [5.41, 5.74) is 0. The molecule has 0 aromatic carbocycles. The van der Waals surface area contributed by atoms with Crippen molar-refractivity contribution < 1.29 is 64.6 Å². The standard InChI is InChI=1S/C50H87NO13/c1-3-5-7-9-11-13-15-17-19-21-23-25-27-29-31-33-39(54)38(51-42(55)34-32-30-28-26-24-22-20-18-16-14-12-10-8-6-4-2)37-61-49-47(60)45(58)48(41(36-53)63-49)64-50-46(59)44(57)43(56)40(35-52)62-50/h6,8,12,14,18,20,23,25,31,33,38-41,43-50,52-54,56-60H,3-5,7,9-11,13,15-17,19,21-22,24,26-30,32,34-37H2,1-2H3,(H,51,55)/b8-6-,14-12-,20-18-,25-23+,33-31+. The molecule has 2 rings (SSSR count). The highest BCUT2D eigenvalue weighted by Gasteiger charge is 2.51. The van der Waals surface area contributed by atoms with Gasteiger partial charge in [-0.3, -0.25) is 4.79 Å². The van der Waals surface area contributed by atoms with E-state index in [2.05, 4.69) is 67.8 Å². The van der Waals surface area contributed by atoms with Gasteiger partial charge in [0.25, 0.3) is 0 Å². The van der Waals surface area contributed by atoms with Crippen LogP contribution in [-0.2, 0) is 23.7 Å². The number of hydrogen-bond donors (Lipinski definition) is 9. The second-order valence-corrected chi connectivity index (χ2v) is 17.2. The molecule has 9 N–H and O–H groups in total. The number of carbonyl (C=O) groups excluding carboxylic acids is 1. The van der Waals surface area contributed by atoms with Crippen molar-refractivity contribution in [3.8, 4) is 0 Å². The summed E-state index contributed by atoms with van der Waals surface area (Å²) >= 11 is 0. The van der Waals surface area contributed by atoms with E-state index < -0.39 is 86.8 Å². The van der Waals surface area contributed by atoms with Gasteiger partial charge in [-0.25, -0.2) is 0 Å². The van der Waals surface area contributed by atoms with Gasteiger partial charge in [-0.2, -0.15) is 0 Å². The molecule has 0 radical (unpaired) electrons. The monoisotopic (exact) mass is 910 g/mol. The molecule has 14 nitrogen and oxygen atoms in total. The van der Waals surface area contributed by atoms with Crippen LogP contribution >= 0.6 is 0 Å². The van der Waals surface area contributed by atoms with Crippen LogP contribution in [0.15, 0.2) is 60.8 Å². The normalized spacial score (nSPS) is 27.8. The van der Waals surface area contributed by atoms with Gasteiger partial charge in [0.1, 0.15) is 48.8 Å².